The normalized spacial score (nSPS) is 16.5. The molecule has 82 valence electrons. The highest BCUT2D eigenvalue weighted by Crippen LogP contribution is 2.30. The third-order valence-corrected chi connectivity index (χ3v) is 2.43. The van der Waals surface area contributed by atoms with Crippen LogP contribution >= 0.6 is 0 Å². The van der Waals surface area contributed by atoms with Gasteiger partial charge in [0, 0.05) is 6.54 Å². The quantitative estimate of drug-likeness (QED) is 0.721. The summed E-state index contributed by atoms with van der Waals surface area (Å²) in [4.78, 5) is 3.61. The molecule has 0 saturated heterocycles. The molecule has 0 saturated carbocycles. The highest BCUT2D eigenvalue weighted by atomic mass is 19.4. The number of aromatic nitrogens is 1. The third kappa shape index (κ3) is 2.22. The van der Waals surface area contributed by atoms with E-state index in [2.05, 4.69) is 10.3 Å². The smallest absolute Gasteiger partial charge is 0.370 e. The molecule has 2 rings (SSSR count). The average Bonchev–Trinajstić information content (AvgIpc) is 2.39. The third-order valence-electron chi connectivity index (χ3n) is 2.43. The van der Waals surface area contributed by atoms with Gasteiger partial charge >= 0.3 is 6.18 Å². The second-order valence-electron chi connectivity index (χ2n) is 3.59. The SMILES string of the molecule is FC(F)(F)c1ccc2c(n1)NCCCC2. The van der Waals surface area contributed by atoms with Crippen molar-refractivity contribution in [1.29, 1.82) is 0 Å². The number of aryl methyl sites for hydroxylation is 1. The molecular formula is C10H11F3N2. The van der Waals surface area contributed by atoms with Gasteiger partial charge in [0.15, 0.2) is 0 Å². The maximum absolute atomic E-state index is 12.4. The monoisotopic (exact) mass is 216 g/mol. The molecule has 1 N–H and O–H groups in total. The minimum Gasteiger partial charge on any atom is -0.370 e. The molecule has 0 bridgehead atoms. The van der Waals surface area contributed by atoms with Crippen LogP contribution in [0.4, 0.5) is 19.0 Å². The number of rotatable bonds is 0. The summed E-state index contributed by atoms with van der Waals surface area (Å²) in [6, 6.07) is 2.56. The highest BCUT2D eigenvalue weighted by molar-refractivity contribution is 5.46. The maximum Gasteiger partial charge on any atom is 0.433 e. The molecule has 0 atom stereocenters. The van der Waals surface area contributed by atoms with Gasteiger partial charge in [-0.05, 0) is 30.9 Å². The number of pyridine rings is 1. The van der Waals surface area contributed by atoms with Gasteiger partial charge in [0.2, 0.25) is 0 Å². The first-order valence-corrected chi connectivity index (χ1v) is 4.88. The Morgan fingerprint density at radius 3 is 2.73 bits per heavy atom. The van der Waals surface area contributed by atoms with Crippen molar-refractivity contribution >= 4 is 5.82 Å². The Morgan fingerprint density at radius 2 is 2.00 bits per heavy atom. The Morgan fingerprint density at radius 1 is 1.20 bits per heavy atom. The van der Waals surface area contributed by atoms with Crippen LogP contribution in [0, 0.1) is 0 Å². The van der Waals surface area contributed by atoms with E-state index in [0.29, 0.717) is 12.4 Å². The van der Waals surface area contributed by atoms with Crippen LogP contribution in [0.3, 0.4) is 0 Å². The number of anilines is 1. The van der Waals surface area contributed by atoms with Gasteiger partial charge in [-0.25, -0.2) is 4.98 Å². The van der Waals surface area contributed by atoms with E-state index in [-0.39, 0.29) is 0 Å². The standard InChI is InChI=1S/C10H11F3N2/c11-10(12,13)8-5-4-7-3-1-2-6-14-9(7)15-8/h4-5H,1-3,6H2,(H,14,15). The van der Waals surface area contributed by atoms with E-state index in [0.717, 1.165) is 30.9 Å². The van der Waals surface area contributed by atoms with Crippen LogP contribution in [0.5, 0.6) is 0 Å². The Hall–Kier alpha value is -1.26. The molecule has 0 unspecified atom stereocenters. The van der Waals surface area contributed by atoms with Crippen molar-refractivity contribution in [2.75, 3.05) is 11.9 Å². The van der Waals surface area contributed by atoms with Gasteiger partial charge in [0.25, 0.3) is 0 Å². The molecule has 2 heterocycles. The average molecular weight is 216 g/mol. The Balaban J connectivity index is 2.36. The molecule has 1 aliphatic heterocycles. The van der Waals surface area contributed by atoms with E-state index in [9.17, 15) is 13.2 Å². The number of halogens is 3. The number of alkyl halides is 3. The Bertz CT molecular complexity index is 360. The van der Waals surface area contributed by atoms with E-state index in [4.69, 9.17) is 0 Å². The topological polar surface area (TPSA) is 24.9 Å². The van der Waals surface area contributed by atoms with Crippen molar-refractivity contribution in [1.82, 2.24) is 4.98 Å². The second-order valence-corrected chi connectivity index (χ2v) is 3.59. The molecule has 0 aliphatic carbocycles. The van der Waals surface area contributed by atoms with E-state index in [1.54, 1.807) is 0 Å². The summed E-state index contributed by atoms with van der Waals surface area (Å²) in [7, 11) is 0. The van der Waals surface area contributed by atoms with E-state index >= 15 is 0 Å². The van der Waals surface area contributed by atoms with Gasteiger partial charge in [0.1, 0.15) is 11.5 Å². The minimum absolute atomic E-state index is 0.391. The molecule has 0 radical (unpaired) electrons. The van der Waals surface area contributed by atoms with Crippen molar-refractivity contribution in [2.24, 2.45) is 0 Å². The summed E-state index contributed by atoms with van der Waals surface area (Å²) in [5, 5.41) is 2.93. The first kappa shape index (κ1) is 10.3. The Labute approximate surface area is 85.5 Å². The molecular weight excluding hydrogens is 205 g/mol. The van der Waals surface area contributed by atoms with Crippen LogP contribution in [-0.4, -0.2) is 11.5 Å². The predicted octanol–water partition coefficient (Wildman–Crippen LogP) is 2.85. The summed E-state index contributed by atoms with van der Waals surface area (Å²) in [5.41, 5.74) is 0.0520. The van der Waals surface area contributed by atoms with Crippen LogP contribution in [0.15, 0.2) is 12.1 Å². The van der Waals surface area contributed by atoms with Crippen LogP contribution in [0.1, 0.15) is 24.1 Å². The van der Waals surface area contributed by atoms with Crippen molar-refractivity contribution in [3.05, 3.63) is 23.4 Å². The molecule has 0 amide bonds. The molecule has 1 aromatic rings. The van der Waals surface area contributed by atoms with Crippen molar-refractivity contribution in [3.63, 3.8) is 0 Å². The Kier molecular flexibility index (Phi) is 2.54. The zero-order chi connectivity index (χ0) is 10.9. The molecule has 15 heavy (non-hydrogen) atoms. The zero-order valence-corrected chi connectivity index (χ0v) is 8.06. The molecule has 0 spiro atoms. The zero-order valence-electron chi connectivity index (χ0n) is 8.06. The molecule has 2 nitrogen and oxygen atoms in total. The number of hydrogen-bond acceptors (Lipinski definition) is 2. The van der Waals surface area contributed by atoms with Gasteiger partial charge in [0.05, 0.1) is 0 Å². The van der Waals surface area contributed by atoms with Crippen molar-refractivity contribution in [2.45, 2.75) is 25.4 Å². The largest absolute Gasteiger partial charge is 0.433 e. The maximum atomic E-state index is 12.4. The number of nitrogens with one attached hydrogen (secondary N) is 1. The fourth-order valence-electron chi connectivity index (χ4n) is 1.65. The van der Waals surface area contributed by atoms with Crippen LogP contribution in [0.2, 0.25) is 0 Å². The number of hydrogen-bond donors (Lipinski definition) is 1. The lowest BCUT2D eigenvalue weighted by atomic mass is 10.1. The fourth-order valence-corrected chi connectivity index (χ4v) is 1.65. The number of nitrogens with zero attached hydrogens (tertiary/aromatic N) is 1. The lowest BCUT2D eigenvalue weighted by Crippen LogP contribution is -2.11. The lowest BCUT2D eigenvalue weighted by molar-refractivity contribution is -0.141. The highest BCUT2D eigenvalue weighted by Gasteiger charge is 2.33. The van der Waals surface area contributed by atoms with Crippen LogP contribution in [-0.2, 0) is 12.6 Å². The fraction of sp³-hybridized carbons (Fsp3) is 0.500. The molecule has 0 fully saturated rings. The van der Waals surface area contributed by atoms with Gasteiger partial charge in [-0.1, -0.05) is 6.07 Å². The van der Waals surface area contributed by atoms with Crippen molar-refractivity contribution < 1.29 is 13.2 Å². The van der Waals surface area contributed by atoms with E-state index in [1.165, 1.54) is 6.07 Å². The minimum atomic E-state index is -4.36. The van der Waals surface area contributed by atoms with Gasteiger partial charge in [-0.15, -0.1) is 0 Å². The summed E-state index contributed by atoms with van der Waals surface area (Å²) >= 11 is 0. The van der Waals surface area contributed by atoms with Gasteiger partial charge in [-0.3, -0.25) is 0 Å². The van der Waals surface area contributed by atoms with Crippen LogP contribution < -0.4 is 5.32 Å². The van der Waals surface area contributed by atoms with Gasteiger partial charge < -0.3 is 5.32 Å². The summed E-state index contributed by atoms with van der Waals surface area (Å²) in [6.45, 7) is 0.696. The molecule has 1 aliphatic rings. The summed E-state index contributed by atoms with van der Waals surface area (Å²) in [5.74, 6) is 0.391. The first-order valence-electron chi connectivity index (χ1n) is 4.88. The van der Waals surface area contributed by atoms with Crippen molar-refractivity contribution in [3.8, 4) is 0 Å². The van der Waals surface area contributed by atoms with E-state index in [1.807, 2.05) is 0 Å². The van der Waals surface area contributed by atoms with Crippen LogP contribution in [0.25, 0.3) is 0 Å². The molecule has 0 aromatic carbocycles. The lowest BCUT2D eigenvalue weighted by Gasteiger charge is -2.10. The van der Waals surface area contributed by atoms with Gasteiger partial charge in [-0.2, -0.15) is 13.2 Å². The first-order chi connectivity index (χ1) is 7.07. The van der Waals surface area contributed by atoms with E-state index < -0.39 is 11.9 Å². The second kappa shape index (κ2) is 3.72. The number of fused-ring (bicyclic) bond motifs is 1. The summed E-state index contributed by atoms with van der Waals surface area (Å²) in [6.07, 6.45) is -1.60. The summed E-state index contributed by atoms with van der Waals surface area (Å²) < 4.78 is 37.1. The predicted molar refractivity (Wildman–Crippen MR) is 50.7 cm³/mol. The molecule has 5 heteroatoms. The molecule has 1 aromatic heterocycles.